The van der Waals surface area contributed by atoms with E-state index in [9.17, 15) is 14.7 Å². The number of thioether (sulfide) groups is 1. The smallest absolute Gasteiger partial charge is 0.331 e. The van der Waals surface area contributed by atoms with Gasteiger partial charge in [0.1, 0.15) is 4.32 Å². The van der Waals surface area contributed by atoms with Crippen LogP contribution in [-0.2, 0) is 9.59 Å². The van der Waals surface area contributed by atoms with Crippen molar-refractivity contribution in [1.29, 1.82) is 0 Å². The third-order valence-corrected chi connectivity index (χ3v) is 6.92. The monoisotopic (exact) mass is 563 g/mol. The molecule has 34 heavy (non-hydrogen) atoms. The lowest BCUT2D eigenvalue weighted by Gasteiger charge is -2.23. The number of carbonyl (C=O) groups excluding carboxylic acids is 1. The van der Waals surface area contributed by atoms with Crippen molar-refractivity contribution in [2.24, 2.45) is 5.92 Å². The van der Waals surface area contributed by atoms with Crippen molar-refractivity contribution in [2.75, 3.05) is 13.2 Å². The minimum Gasteiger partial charge on any atom is -0.490 e. The molecule has 6 nitrogen and oxygen atoms in total. The first-order chi connectivity index (χ1) is 16.2. The van der Waals surface area contributed by atoms with Gasteiger partial charge in [-0.3, -0.25) is 9.69 Å². The summed E-state index contributed by atoms with van der Waals surface area (Å²) in [5, 5.41) is 9.85. The van der Waals surface area contributed by atoms with Gasteiger partial charge in [-0.25, -0.2) is 4.79 Å². The molecule has 0 aliphatic carbocycles. The minimum atomic E-state index is -1.19. The Morgan fingerprint density at radius 2 is 1.94 bits per heavy atom. The van der Waals surface area contributed by atoms with Gasteiger partial charge in [0.25, 0.3) is 5.91 Å². The molecule has 0 saturated carbocycles. The molecule has 9 heteroatoms. The summed E-state index contributed by atoms with van der Waals surface area (Å²) in [6.07, 6.45) is 2.60. The van der Waals surface area contributed by atoms with Gasteiger partial charge in [-0.15, -0.1) is 0 Å². The molecule has 0 bridgehead atoms. The third-order valence-electron chi connectivity index (χ3n) is 5.00. The van der Waals surface area contributed by atoms with Gasteiger partial charge >= 0.3 is 5.97 Å². The van der Waals surface area contributed by atoms with Crippen molar-refractivity contribution < 1.29 is 24.2 Å². The summed E-state index contributed by atoms with van der Waals surface area (Å²) in [6.45, 7) is 7.17. The molecule has 1 atom stereocenters. The highest BCUT2D eigenvalue weighted by Crippen LogP contribution is 2.41. The zero-order valence-corrected chi connectivity index (χ0v) is 22.3. The molecule has 0 radical (unpaired) electrons. The largest absolute Gasteiger partial charge is 0.490 e. The highest BCUT2D eigenvalue weighted by molar-refractivity contribution is 9.10. The van der Waals surface area contributed by atoms with Gasteiger partial charge in [0.05, 0.1) is 22.6 Å². The van der Waals surface area contributed by atoms with Crippen molar-refractivity contribution in [1.82, 2.24) is 4.90 Å². The summed E-state index contributed by atoms with van der Waals surface area (Å²) in [4.78, 5) is 26.8. The summed E-state index contributed by atoms with van der Waals surface area (Å²) in [5.41, 5.74) is 1.19. The molecular weight excluding hydrogens is 538 g/mol. The van der Waals surface area contributed by atoms with E-state index in [4.69, 9.17) is 21.7 Å². The normalized spacial score (nSPS) is 15.8. The minimum absolute atomic E-state index is 0.199. The second kappa shape index (κ2) is 11.9. The first-order valence-electron chi connectivity index (χ1n) is 10.9. The highest BCUT2D eigenvalue weighted by Gasteiger charge is 2.41. The first-order valence-corrected chi connectivity index (χ1v) is 12.9. The summed E-state index contributed by atoms with van der Waals surface area (Å²) < 4.78 is 12.7. The van der Waals surface area contributed by atoms with Crippen molar-refractivity contribution in [2.45, 2.75) is 33.2 Å². The van der Waals surface area contributed by atoms with Crippen LogP contribution in [-0.4, -0.2) is 39.4 Å². The lowest BCUT2D eigenvalue weighted by atomic mass is 10.1. The molecule has 180 valence electrons. The lowest BCUT2D eigenvalue weighted by Crippen LogP contribution is -2.37. The molecule has 0 aromatic heterocycles. The Bertz CT molecular complexity index is 1100. The molecule has 0 spiro atoms. The van der Waals surface area contributed by atoms with Crippen LogP contribution < -0.4 is 9.47 Å². The summed E-state index contributed by atoms with van der Waals surface area (Å²) in [5.74, 6) is 0.101. The molecule has 1 heterocycles. The van der Waals surface area contributed by atoms with Gasteiger partial charge in [-0.2, -0.15) is 0 Å². The van der Waals surface area contributed by atoms with E-state index in [-0.39, 0.29) is 4.32 Å². The predicted molar refractivity (Wildman–Crippen MR) is 142 cm³/mol. The van der Waals surface area contributed by atoms with Gasteiger partial charge in [-0.05, 0) is 64.5 Å². The van der Waals surface area contributed by atoms with E-state index in [1.54, 1.807) is 42.5 Å². The van der Waals surface area contributed by atoms with E-state index >= 15 is 0 Å². The Hall–Kier alpha value is -2.36. The number of carbonyl (C=O) groups is 2. The van der Waals surface area contributed by atoms with Gasteiger partial charge in [0.15, 0.2) is 17.5 Å². The van der Waals surface area contributed by atoms with Crippen LogP contribution in [0.3, 0.4) is 0 Å². The van der Waals surface area contributed by atoms with Crippen LogP contribution in [0.4, 0.5) is 0 Å². The first kappa shape index (κ1) is 26.2. The second-order valence-corrected chi connectivity index (χ2v) is 10.5. The number of thiocarbonyl (C=S) groups is 1. The van der Waals surface area contributed by atoms with Crippen LogP contribution in [0.15, 0.2) is 51.8 Å². The Kier molecular flexibility index (Phi) is 9.16. The Morgan fingerprint density at radius 1 is 1.24 bits per heavy atom. The standard InChI is InChI=1S/C25H26BrNO5S2/c1-4-31-19-13-16(12-18(26)22(19)32-11-10-15(2)3)14-20-23(28)27(25(33)34-20)21(24(29)30)17-8-6-5-7-9-17/h5-9,12-15,21H,4,10-11H2,1-3H3,(H,29,30)/b20-14+. The van der Waals surface area contributed by atoms with Crippen LogP contribution in [0.25, 0.3) is 6.08 Å². The maximum atomic E-state index is 13.2. The number of hydrogen-bond acceptors (Lipinski definition) is 6. The van der Waals surface area contributed by atoms with Crippen LogP contribution in [0.1, 0.15) is 44.4 Å². The number of carboxylic acid groups (broad SMARTS) is 1. The number of halogens is 1. The van der Waals surface area contributed by atoms with Gasteiger partial charge in [-0.1, -0.05) is 68.2 Å². The van der Waals surface area contributed by atoms with E-state index in [1.807, 2.05) is 13.0 Å². The molecule has 3 rings (SSSR count). The Morgan fingerprint density at radius 3 is 2.56 bits per heavy atom. The highest BCUT2D eigenvalue weighted by atomic mass is 79.9. The van der Waals surface area contributed by atoms with Gasteiger partial charge in [0, 0.05) is 0 Å². The number of hydrogen-bond donors (Lipinski definition) is 1. The molecule has 1 saturated heterocycles. The van der Waals surface area contributed by atoms with Crippen molar-refractivity contribution >= 4 is 62.2 Å². The second-order valence-electron chi connectivity index (χ2n) is 8.00. The maximum Gasteiger partial charge on any atom is 0.331 e. The third kappa shape index (κ3) is 6.20. The fourth-order valence-electron chi connectivity index (χ4n) is 3.36. The number of rotatable bonds is 10. The maximum absolute atomic E-state index is 13.2. The van der Waals surface area contributed by atoms with Crippen LogP contribution in [0, 0.1) is 5.92 Å². The number of amides is 1. The van der Waals surface area contributed by atoms with E-state index in [0.29, 0.717) is 51.1 Å². The van der Waals surface area contributed by atoms with E-state index < -0.39 is 17.9 Å². The van der Waals surface area contributed by atoms with E-state index in [0.717, 1.165) is 23.1 Å². The molecule has 2 aromatic rings. The van der Waals surface area contributed by atoms with Crippen LogP contribution in [0.2, 0.25) is 0 Å². The topological polar surface area (TPSA) is 76.1 Å². The SMILES string of the molecule is CCOc1cc(/C=C2/SC(=S)N(C(C(=O)O)c3ccccc3)C2=O)cc(Br)c1OCCC(C)C. The molecule has 1 amide bonds. The zero-order valence-electron chi connectivity index (χ0n) is 19.1. The summed E-state index contributed by atoms with van der Waals surface area (Å²) >= 11 is 10.0. The molecule has 1 aliphatic rings. The molecule has 1 fully saturated rings. The molecule has 1 aliphatic heterocycles. The van der Waals surface area contributed by atoms with Gasteiger partial charge < -0.3 is 14.6 Å². The zero-order chi connectivity index (χ0) is 24.8. The molecule has 2 aromatic carbocycles. The average molecular weight is 565 g/mol. The summed E-state index contributed by atoms with van der Waals surface area (Å²) in [7, 11) is 0. The molecule has 1 unspecified atom stereocenters. The number of carboxylic acids is 1. The van der Waals surface area contributed by atoms with Crippen molar-refractivity contribution in [3.05, 3.63) is 63.0 Å². The Balaban J connectivity index is 1.91. The number of benzene rings is 2. The number of nitrogens with zero attached hydrogens (tertiary/aromatic N) is 1. The molecule has 1 N–H and O–H groups in total. The number of aliphatic carboxylic acids is 1. The lowest BCUT2D eigenvalue weighted by molar-refractivity contribution is -0.145. The van der Waals surface area contributed by atoms with Crippen LogP contribution >= 0.6 is 39.9 Å². The van der Waals surface area contributed by atoms with Crippen molar-refractivity contribution in [3.8, 4) is 11.5 Å². The van der Waals surface area contributed by atoms with E-state index in [1.165, 1.54) is 0 Å². The fourth-order valence-corrected chi connectivity index (χ4v) is 5.25. The Labute approximate surface area is 217 Å². The van der Waals surface area contributed by atoms with E-state index in [2.05, 4.69) is 29.8 Å². The van der Waals surface area contributed by atoms with Crippen molar-refractivity contribution in [3.63, 3.8) is 0 Å². The number of ether oxygens (including phenoxy) is 2. The van der Waals surface area contributed by atoms with Crippen LogP contribution in [0.5, 0.6) is 11.5 Å². The fraction of sp³-hybridized carbons (Fsp3) is 0.320. The van der Waals surface area contributed by atoms with Gasteiger partial charge in [0.2, 0.25) is 0 Å². The summed E-state index contributed by atoms with van der Waals surface area (Å²) in [6, 6.07) is 11.0. The average Bonchev–Trinajstić information content (AvgIpc) is 3.04. The predicted octanol–water partition coefficient (Wildman–Crippen LogP) is 6.30. The molecular formula is C25H26BrNO5S2. The quantitative estimate of drug-likeness (QED) is 0.268.